The largest absolute Gasteiger partial charge is 0.508 e. The molecule has 0 unspecified atom stereocenters. The average molecular weight is 264 g/mol. The van der Waals surface area contributed by atoms with Crippen molar-refractivity contribution in [3.8, 4) is 5.75 Å². The van der Waals surface area contributed by atoms with Gasteiger partial charge in [-0.25, -0.2) is 0 Å². The van der Waals surface area contributed by atoms with Gasteiger partial charge in [0.25, 0.3) is 0 Å². The monoisotopic (exact) mass is 264 g/mol. The van der Waals surface area contributed by atoms with Crippen molar-refractivity contribution < 1.29 is 15.0 Å². The second-order valence-electron chi connectivity index (χ2n) is 6.89. The maximum atomic E-state index is 11.0. The molecule has 106 valence electrons. The zero-order valence-corrected chi connectivity index (χ0v) is 12.7. The van der Waals surface area contributed by atoms with Gasteiger partial charge in [-0.05, 0) is 35.1 Å². The Morgan fingerprint density at radius 2 is 1.63 bits per heavy atom. The summed E-state index contributed by atoms with van der Waals surface area (Å²) in [5.41, 5.74) is 2.14. The summed E-state index contributed by atoms with van der Waals surface area (Å²) in [7, 11) is 0. The van der Waals surface area contributed by atoms with Gasteiger partial charge in [-0.15, -0.1) is 0 Å². The summed E-state index contributed by atoms with van der Waals surface area (Å²) in [5, 5.41) is 19.1. The van der Waals surface area contributed by atoms with E-state index in [0.717, 1.165) is 16.7 Å². The fourth-order valence-electron chi connectivity index (χ4n) is 2.50. The summed E-state index contributed by atoms with van der Waals surface area (Å²) < 4.78 is 0. The minimum atomic E-state index is -0.810. The SMILES string of the molecule is Cc1cc(O)c(C(C)(C)C)cc1C(C)(C)CC(=O)O. The summed E-state index contributed by atoms with van der Waals surface area (Å²) in [6.07, 6.45) is 0.0716. The van der Waals surface area contributed by atoms with Crippen LogP contribution in [0.5, 0.6) is 5.75 Å². The van der Waals surface area contributed by atoms with Crippen LogP contribution in [0, 0.1) is 6.92 Å². The average Bonchev–Trinajstić information content (AvgIpc) is 2.11. The molecule has 0 fully saturated rings. The Bertz CT molecular complexity index is 493. The third kappa shape index (κ3) is 3.49. The molecular weight excluding hydrogens is 240 g/mol. The Kier molecular flexibility index (Phi) is 3.99. The molecule has 0 aromatic heterocycles. The van der Waals surface area contributed by atoms with Crippen LogP contribution in [0.3, 0.4) is 0 Å². The molecule has 3 nitrogen and oxygen atoms in total. The number of hydrogen-bond donors (Lipinski definition) is 2. The first kappa shape index (κ1) is 15.5. The molecule has 3 heteroatoms. The van der Waals surface area contributed by atoms with E-state index in [1.54, 1.807) is 6.07 Å². The van der Waals surface area contributed by atoms with Crippen LogP contribution in [0.2, 0.25) is 0 Å². The Hall–Kier alpha value is -1.51. The molecule has 1 aromatic rings. The van der Waals surface area contributed by atoms with Crippen molar-refractivity contribution in [2.75, 3.05) is 0 Å². The van der Waals surface area contributed by atoms with Gasteiger partial charge in [-0.3, -0.25) is 4.79 Å². The van der Waals surface area contributed by atoms with Gasteiger partial charge in [0.2, 0.25) is 0 Å². The molecule has 1 rings (SSSR count). The third-order valence-corrected chi connectivity index (χ3v) is 3.47. The second-order valence-corrected chi connectivity index (χ2v) is 6.89. The van der Waals surface area contributed by atoms with Crippen LogP contribution in [0.4, 0.5) is 0 Å². The second kappa shape index (κ2) is 4.87. The number of carboxylic acid groups (broad SMARTS) is 1. The van der Waals surface area contributed by atoms with Gasteiger partial charge in [0.15, 0.2) is 0 Å². The first-order valence-corrected chi connectivity index (χ1v) is 6.51. The van der Waals surface area contributed by atoms with Crippen LogP contribution in [0.25, 0.3) is 0 Å². The summed E-state index contributed by atoms with van der Waals surface area (Å²) in [4.78, 5) is 11.0. The number of rotatable bonds is 3. The zero-order chi connectivity index (χ0) is 15.0. The molecule has 0 radical (unpaired) electrons. The van der Waals surface area contributed by atoms with E-state index in [2.05, 4.69) is 0 Å². The molecule has 2 N–H and O–H groups in total. The number of phenolic OH excluding ortho intramolecular Hbond substituents is 1. The van der Waals surface area contributed by atoms with Crippen molar-refractivity contribution in [3.63, 3.8) is 0 Å². The summed E-state index contributed by atoms with van der Waals surface area (Å²) in [6.45, 7) is 11.9. The Morgan fingerprint density at radius 1 is 1.11 bits per heavy atom. The van der Waals surface area contributed by atoms with Gasteiger partial charge < -0.3 is 10.2 Å². The molecule has 0 amide bonds. The molecule has 1 aromatic carbocycles. The summed E-state index contributed by atoms with van der Waals surface area (Å²) in [5.74, 6) is -0.533. The standard InChI is InChI=1S/C16H24O3/c1-10-7-13(17)12(15(2,3)4)8-11(10)16(5,6)9-14(18)19/h7-8,17H,9H2,1-6H3,(H,18,19). The lowest BCUT2D eigenvalue weighted by Gasteiger charge is -2.29. The number of carboxylic acids is 1. The highest BCUT2D eigenvalue weighted by atomic mass is 16.4. The van der Waals surface area contributed by atoms with E-state index < -0.39 is 11.4 Å². The van der Waals surface area contributed by atoms with E-state index in [1.807, 2.05) is 47.6 Å². The van der Waals surface area contributed by atoms with Crippen molar-refractivity contribution in [1.29, 1.82) is 0 Å². The molecule has 0 atom stereocenters. The van der Waals surface area contributed by atoms with Gasteiger partial charge >= 0.3 is 5.97 Å². The zero-order valence-electron chi connectivity index (χ0n) is 12.7. The number of aromatic hydroxyl groups is 1. The van der Waals surface area contributed by atoms with Crippen molar-refractivity contribution in [2.24, 2.45) is 0 Å². The Balaban J connectivity index is 3.40. The van der Waals surface area contributed by atoms with Crippen molar-refractivity contribution in [1.82, 2.24) is 0 Å². The molecule has 0 aliphatic carbocycles. The van der Waals surface area contributed by atoms with Crippen LogP contribution in [-0.2, 0) is 15.6 Å². The fraction of sp³-hybridized carbons (Fsp3) is 0.562. The fourth-order valence-corrected chi connectivity index (χ4v) is 2.50. The van der Waals surface area contributed by atoms with Gasteiger partial charge in [0, 0.05) is 5.41 Å². The Morgan fingerprint density at radius 3 is 2.05 bits per heavy atom. The number of aliphatic carboxylic acids is 1. The number of aryl methyl sites for hydroxylation is 1. The van der Waals surface area contributed by atoms with E-state index in [9.17, 15) is 9.90 Å². The van der Waals surface area contributed by atoms with Gasteiger partial charge in [-0.2, -0.15) is 0 Å². The van der Waals surface area contributed by atoms with Crippen LogP contribution < -0.4 is 0 Å². The molecule has 0 bridgehead atoms. The maximum Gasteiger partial charge on any atom is 0.304 e. The van der Waals surface area contributed by atoms with Gasteiger partial charge in [-0.1, -0.05) is 40.7 Å². The first-order valence-electron chi connectivity index (χ1n) is 6.51. The van der Waals surface area contributed by atoms with Crippen molar-refractivity contribution in [2.45, 2.75) is 58.8 Å². The van der Waals surface area contributed by atoms with E-state index in [1.165, 1.54) is 0 Å². The predicted octanol–water partition coefficient (Wildman–Crippen LogP) is 3.75. The highest BCUT2D eigenvalue weighted by molar-refractivity contribution is 5.69. The minimum Gasteiger partial charge on any atom is -0.508 e. The molecule has 0 aliphatic heterocycles. The number of hydrogen-bond acceptors (Lipinski definition) is 2. The summed E-state index contributed by atoms with van der Waals surface area (Å²) >= 11 is 0. The third-order valence-electron chi connectivity index (χ3n) is 3.47. The molecule has 0 saturated heterocycles. The molecule has 0 heterocycles. The van der Waals surface area contributed by atoms with E-state index in [4.69, 9.17) is 5.11 Å². The topological polar surface area (TPSA) is 57.5 Å². The number of carbonyl (C=O) groups is 1. The lowest BCUT2D eigenvalue weighted by Crippen LogP contribution is -2.24. The van der Waals surface area contributed by atoms with E-state index >= 15 is 0 Å². The van der Waals surface area contributed by atoms with Crippen LogP contribution in [-0.4, -0.2) is 16.2 Å². The summed E-state index contributed by atoms with van der Waals surface area (Å²) in [6, 6.07) is 3.69. The minimum absolute atomic E-state index is 0.0716. The molecule has 0 saturated carbocycles. The van der Waals surface area contributed by atoms with E-state index in [-0.39, 0.29) is 17.6 Å². The molecular formula is C16H24O3. The highest BCUT2D eigenvalue weighted by Gasteiger charge is 2.29. The van der Waals surface area contributed by atoms with Crippen molar-refractivity contribution in [3.05, 3.63) is 28.8 Å². The van der Waals surface area contributed by atoms with Gasteiger partial charge in [0.1, 0.15) is 5.75 Å². The molecule has 19 heavy (non-hydrogen) atoms. The van der Waals surface area contributed by atoms with Crippen molar-refractivity contribution >= 4 is 5.97 Å². The maximum absolute atomic E-state index is 11.0. The molecule has 0 spiro atoms. The predicted molar refractivity (Wildman–Crippen MR) is 76.8 cm³/mol. The normalized spacial score (nSPS) is 12.5. The highest BCUT2D eigenvalue weighted by Crippen LogP contribution is 2.38. The smallest absolute Gasteiger partial charge is 0.304 e. The number of phenols is 1. The number of benzene rings is 1. The van der Waals surface area contributed by atoms with Gasteiger partial charge in [0.05, 0.1) is 6.42 Å². The van der Waals surface area contributed by atoms with Crippen LogP contribution >= 0.6 is 0 Å². The van der Waals surface area contributed by atoms with Crippen LogP contribution in [0.15, 0.2) is 12.1 Å². The quantitative estimate of drug-likeness (QED) is 0.874. The van der Waals surface area contributed by atoms with Crippen LogP contribution in [0.1, 0.15) is 57.7 Å². The van der Waals surface area contributed by atoms with E-state index in [0.29, 0.717) is 0 Å². The first-order chi connectivity index (χ1) is 8.45. The lowest BCUT2D eigenvalue weighted by molar-refractivity contribution is -0.138. The lowest BCUT2D eigenvalue weighted by atomic mass is 9.75. The Labute approximate surface area is 115 Å². The molecule has 0 aliphatic rings.